The molecule has 0 N–H and O–H groups in total. The summed E-state index contributed by atoms with van der Waals surface area (Å²) in [4.78, 5) is 30.2. The summed E-state index contributed by atoms with van der Waals surface area (Å²) in [6, 6.07) is 3.88. The lowest BCUT2D eigenvalue weighted by atomic mass is 10.3. The largest absolute Gasteiger partial charge is 0.428 e. The van der Waals surface area contributed by atoms with E-state index in [0.29, 0.717) is 0 Å². The Morgan fingerprint density at radius 1 is 0.667 bits per heavy atom. The van der Waals surface area contributed by atoms with Gasteiger partial charge >= 0.3 is 0 Å². The Kier molecular flexibility index (Phi) is 3.84. The second-order valence-corrected chi connectivity index (χ2v) is 2.28. The highest BCUT2D eigenvalue weighted by Crippen LogP contribution is 2.26. The Balaban J connectivity index is 3.00. The topological polar surface area (TPSA) is 78.9 Å². The van der Waals surface area contributed by atoms with Crippen molar-refractivity contribution in [1.29, 1.82) is 0 Å². The smallest absolute Gasteiger partial charge is 0.298 e. The van der Waals surface area contributed by atoms with E-state index in [1.165, 1.54) is 18.2 Å². The van der Waals surface area contributed by atoms with Crippen LogP contribution in [0, 0.1) is 0 Å². The Bertz CT molecular complexity index is 303. The average molecular weight is 210 g/mol. The molecule has 0 amide bonds. The number of carbonyl (C=O) groups excluding carboxylic acids is 3. The van der Waals surface area contributed by atoms with Gasteiger partial charge in [0.15, 0.2) is 0 Å². The van der Waals surface area contributed by atoms with Crippen molar-refractivity contribution < 1.29 is 28.6 Å². The van der Waals surface area contributed by atoms with Crippen LogP contribution < -0.4 is 14.2 Å². The molecular weight excluding hydrogens is 204 g/mol. The average Bonchev–Trinajstić information content (AvgIpc) is 2.19. The van der Waals surface area contributed by atoms with E-state index in [1.807, 2.05) is 0 Å². The Labute approximate surface area is 84.4 Å². The minimum atomic E-state index is 0.0983. The molecule has 6 nitrogen and oxygen atoms in total. The molecule has 0 unspecified atom stereocenters. The van der Waals surface area contributed by atoms with Gasteiger partial charge in [0, 0.05) is 18.2 Å². The monoisotopic (exact) mass is 210 g/mol. The minimum Gasteiger partial charge on any atom is -0.428 e. The molecule has 0 aromatic heterocycles. The molecule has 0 spiro atoms. The Morgan fingerprint density at radius 3 is 1.13 bits per heavy atom. The Hall–Kier alpha value is -2.37. The third kappa shape index (κ3) is 3.11. The van der Waals surface area contributed by atoms with Gasteiger partial charge in [-0.3, -0.25) is 14.4 Å². The molecule has 78 valence electrons. The van der Waals surface area contributed by atoms with E-state index in [-0.39, 0.29) is 36.7 Å². The molecule has 0 heterocycles. The first-order chi connectivity index (χ1) is 7.30. The van der Waals surface area contributed by atoms with Crippen molar-refractivity contribution >= 4 is 19.4 Å². The summed E-state index contributed by atoms with van der Waals surface area (Å²) < 4.78 is 13.5. The summed E-state index contributed by atoms with van der Waals surface area (Å²) in [5, 5.41) is 0. The maximum atomic E-state index is 10.1. The van der Waals surface area contributed by atoms with Gasteiger partial charge in [-0.15, -0.1) is 0 Å². The third-order valence-corrected chi connectivity index (χ3v) is 1.41. The minimum absolute atomic E-state index is 0.0983. The fraction of sp³-hybridized carbons (Fsp3) is 0. The van der Waals surface area contributed by atoms with Crippen molar-refractivity contribution in [1.82, 2.24) is 0 Å². The van der Waals surface area contributed by atoms with E-state index in [9.17, 15) is 14.4 Å². The van der Waals surface area contributed by atoms with E-state index in [1.54, 1.807) is 0 Å². The molecule has 0 saturated heterocycles. The fourth-order valence-corrected chi connectivity index (χ4v) is 0.916. The van der Waals surface area contributed by atoms with Crippen LogP contribution in [-0.4, -0.2) is 19.4 Å². The second-order valence-electron chi connectivity index (χ2n) is 2.28. The van der Waals surface area contributed by atoms with Crippen molar-refractivity contribution in [3.05, 3.63) is 18.2 Å². The summed E-state index contributed by atoms with van der Waals surface area (Å²) in [5.74, 6) is 0.295. The SMILES string of the molecule is O=COc1cc(OC=O)cc(OC=O)c1. The first-order valence-electron chi connectivity index (χ1n) is 3.76. The predicted molar refractivity (Wildman–Crippen MR) is 46.5 cm³/mol. The highest BCUT2D eigenvalue weighted by Gasteiger charge is 2.04. The number of rotatable bonds is 6. The maximum absolute atomic E-state index is 10.1. The standard InChI is InChI=1S/C9H6O6/c10-4-13-7-1-8(14-5-11)3-9(2-7)15-6-12/h1-6H. The van der Waals surface area contributed by atoms with E-state index in [4.69, 9.17) is 0 Å². The third-order valence-electron chi connectivity index (χ3n) is 1.41. The quantitative estimate of drug-likeness (QED) is 0.628. The van der Waals surface area contributed by atoms with Gasteiger partial charge < -0.3 is 14.2 Å². The molecule has 1 rings (SSSR count). The van der Waals surface area contributed by atoms with Crippen LogP contribution in [0.3, 0.4) is 0 Å². The number of ether oxygens (including phenoxy) is 3. The maximum Gasteiger partial charge on any atom is 0.298 e. The van der Waals surface area contributed by atoms with Crippen LogP contribution in [0.1, 0.15) is 0 Å². The first kappa shape index (κ1) is 10.7. The summed E-state index contributed by atoms with van der Waals surface area (Å²) in [6.45, 7) is 0.597. The van der Waals surface area contributed by atoms with Crippen LogP contribution in [-0.2, 0) is 14.4 Å². The van der Waals surface area contributed by atoms with Crippen LogP contribution in [0.2, 0.25) is 0 Å². The number of hydrogen-bond acceptors (Lipinski definition) is 6. The van der Waals surface area contributed by atoms with Gasteiger partial charge in [-0.05, 0) is 0 Å². The lowest BCUT2D eigenvalue weighted by molar-refractivity contribution is -0.121. The highest BCUT2D eigenvalue weighted by molar-refractivity contribution is 5.55. The summed E-state index contributed by atoms with van der Waals surface area (Å²) in [6.07, 6.45) is 0. The van der Waals surface area contributed by atoms with Gasteiger partial charge in [0.1, 0.15) is 17.2 Å². The molecule has 1 aromatic carbocycles. The van der Waals surface area contributed by atoms with E-state index in [0.717, 1.165) is 0 Å². The van der Waals surface area contributed by atoms with E-state index in [2.05, 4.69) is 14.2 Å². The normalized spacial score (nSPS) is 8.80. The van der Waals surface area contributed by atoms with Crippen LogP contribution in [0.15, 0.2) is 18.2 Å². The molecule has 15 heavy (non-hydrogen) atoms. The van der Waals surface area contributed by atoms with Gasteiger partial charge in [0.25, 0.3) is 19.4 Å². The zero-order valence-corrected chi connectivity index (χ0v) is 7.41. The van der Waals surface area contributed by atoms with Gasteiger partial charge in [0.05, 0.1) is 0 Å². The van der Waals surface area contributed by atoms with E-state index >= 15 is 0 Å². The molecule has 0 saturated carbocycles. The van der Waals surface area contributed by atoms with Crippen LogP contribution in [0.4, 0.5) is 0 Å². The van der Waals surface area contributed by atoms with Gasteiger partial charge in [-0.1, -0.05) is 0 Å². The molecule has 0 fully saturated rings. The van der Waals surface area contributed by atoms with Gasteiger partial charge in [-0.2, -0.15) is 0 Å². The van der Waals surface area contributed by atoms with Crippen LogP contribution in [0.5, 0.6) is 17.2 Å². The van der Waals surface area contributed by atoms with Gasteiger partial charge in [-0.25, -0.2) is 0 Å². The molecule has 0 aliphatic rings. The first-order valence-corrected chi connectivity index (χ1v) is 3.76. The van der Waals surface area contributed by atoms with E-state index < -0.39 is 0 Å². The Morgan fingerprint density at radius 2 is 0.933 bits per heavy atom. The van der Waals surface area contributed by atoms with Crippen molar-refractivity contribution in [2.24, 2.45) is 0 Å². The molecular formula is C9H6O6. The predicted octanol–water partition coefficient (Wildman–Crippen LogP) is 0.292. The zero-order chi connectivity index (χ0) is 11.1. The number of carbonyl (C=O) groups is 3. The molecule has 0 atom stereocenters. The van der Waals surface area contributed by atoms with Gasteiger partial charge in [0.2, 0.25) is 0 Å². The van der Waals surface area contributed by atoms with Crippen molar-refractivity contribution in [2.75, 3.05) is 0 Å². The lowest BCUT2D eigenvalue weighted by Gasteiger charge is -2.04. The lowest BCUT2D eigenvalue weighted by Crippen LogP contribution is -1.95. The van der Waals surface area contributed by atoms with Crippen molar-refractivity contribution in [3.8, 4) is 17.2 Å². The molecule has 6 heteroatoms. The van der Waals surface area contributed by atoms with Crippen LogP contribution in [0.25, 0.3) is 0 Å². The summed E-state index contributed by atoms with van der Waals surface area (Å²) in [7, 11) is 0. The fourth-order valence-electron chi connectivity index (χ4n) is 0.916. The molecule has 1 aromatic rings. The number of benzene rings is 1. The number of hydrogen-bond donors (Lipinski definition) is 0. The zero-order valence-electron chi connectivity index (χ0n) is 7.41. The second kappa shape index (κ2) is 5.38. The summed E-state index contributed by atoms with van der Waals surface area (Å²) in [5.41, 5.74) is 0. The van der Waals surface area contributed by atoms with Crippen molar-refractivity contribution in [3.63, 3.8) is 0 Å². The van der Waals surface area contributed by atoms with Crippen LogP contribution >= 0.6 is 0 Å². The molecule has 0 aliphatic heterocycles. The molecule has 0 bridgehead atoms. The van der Waals surface area contributed by atoms with Crippen molar-refractivity contribution in [2.45, 2.75) is 0 Å². The highest BCUT2D eigenvalue weighted by atomic mass is 16.5. The molecule has 0 aliphatic carbocycles. The molecule has 0 radical (unpaired) electrons. The summed E-state index contributed by atoms with van der Waals surface area (Å²) >= 11 is 0.